The van der Waals surface area contributed by atoms with E-state index in [0.717, 1.165) is 22.3 Å². The Morgan fingerprint density at radius 1 is 0.853 bits per heavy atom. The second-order valence-corrected chi connectivity index (χ2v) is 8.74. The van der Waals surface area contributed by atoms with Crippen LogP contribution in [0.15, 0.2) is 48.5 Å². The minimum absolute atomic E-state index is 0.0817. The quantitative estimate of drug-likeness (QED) is 0.424. The third-order valence-corrected chi connectivity index (χ3v) is 5.83. The van der Waals surface area contributed by atoms with Crippen molar-refractivity contribution in [2.45, 2.75) is 26.2 Å². The van der Waals surface area contributed by atoms with Gasteiger partial charge >= 0.3 is 12.1 Å². The topological polar surface area (TPSA) is 134 Å². The number of hydrogen-bond acceptors (Lipinski definition) is 5. The lowest BCUT2D eigenvalue weighted by molar-refractivity contribution is -0.147. The number of hydrogen-bond donors (Lipinski definition) is 4. The number of nitrogens with one attached hydrogen (secondary N) is 3. The van der Waals surface area contributed by atoms with Crippen LogP contribution in [0.5, 0.6) is 0 Å². The minimum Gasteiger partial charge on any atom is -0.481 e. The first-order valence-corrected chi connectivity index (χ1v) is 11.0. The van der Waals surface area contributed by atoms with E-state index in [1.807, 2.05) is 48.5 Å². The SMILES string of the molecule is CC(C)(CCNC(=O)CNC(=O)CNC(=O)OCC1c2ccccc2-c2ccccc21)C(=O)O. The molecule has 0 bridgehead atoms. The Balaban J connectivity index is 1.37. The van der Waals surface area contributed by atoms with Crippen LogP contribution < -0.4 is 16.0 Å². The first-order valence-electron chi connectivity index (χ1n) is 11.0. The molecule has 1 aliphatic carbocycles. The van der Waals surface area contributed by atoms with Gasteiger partial charge in [-0.25, -0.2) is 4.79 Å². The van der Waals surface area contributed by atoms with Gasteiger partial charge in [-0.3, -0.25) is 14.4 Å². The van der Waals surface area contributed by atoms with Gasteiger partial charge in [-0.2, -0.15) is 0 Å². The number of carboxylic acids is 1. The average molecular weight is 468 g/mol. The van der Waals surface area contributed by atoms with Crippen LogP contribution in [0.3, 0.4) is 0 Å². The van der Waals surface area contributed by atoms with Gasteiger partial charge in [0.25, 0.3) is 0 Å². The summed E-state index contributed by atoms with van der Waals surface area (Å²) >= 11 is 0. The maximum Gasteiger partial charge on any atom is 0.407 e. The van der Waals surface area contributed by atoms with Crippen molar-refractivity contribution in [3.05, 3.63) is 59.7 Å². The van der Waals surface area contributed by atoms with Crippen LogP contribution in [-0.2, 0) is 19.1 Å². The Kier molecular flexibility index (Phi) is 7.88. The zero-order chi connectivity index (χ0) is 24.7. The van der Waals surface area contributed by atoms with Gasteiger partial charge in [0.05, 0.1) is 12.0 Å². The fourth-order valence-electron chi connectivity index (χ4n) is 3.73. The number of ether oxygens (including phenoxy) is 1. The van der Waals surface area contributed by atoms with Crippen LogP contribution in [0.25, 0.3) is 11.1 Å². The van der Waals surface area contributed by atoms with E-state index in [-0.39, 0.29) is 38.6 Å². The normalized spacial score (nSPS) is 12.3. The van der Waals surface area contributed by atoms with Gasteiger partial charge in [-0.1, -0.05) is 48.5 Å². The van der Waals surface area contributed by atoms with Gasteiger partial charge in [-0.05, 0) is 42.5 Å². The molecule has 4 N–H and O–H groups in total. The minimum atomic E-state index is -0.955. The summed E-state index contributed by atoms with van der Waals surface area (Å²) < 4.78 is 5.36. The van der Waals surface area contributed by atoms with Crippen molar-refractivity contribution in [1.29, 1.82) is 0 Å². The number of carbonyl (C=O) groups is 4. The lowest BCUT2D eigenvalue weighted by atomic mass is 9.90. The fourth-order valence-corrected chi connectivity index (χ4v) is 3.73. The number of carbonyl (C=O) groups excluding carboxylic acids is 3. The number of rotatable bonds is 10. The Morgan fingerprint density at radius 2 is 1.38 bits per heavy atom. The average Bonchev–Trinajstić information content (AvgIpc) is 3.13. The van der Waals surface area contributed by atoms with Crippen LogP contribution in [0.1, 0.15) is 37.3 Å². The molecule has 0 fully saturated rings. The molecule has 180 valence electrons. The molecule has 2 aromatic rings. The third-order valence-electron chi connectivity index (χ3n) is 5.83. The van der Waals surface area contributed by atoms with E-state index in [4.69, 9.17) is 9.84 Å². The van der Waals surface area contributed by atoms with E-state index in [9.17, 15) is 19.2 Å². The molecule has 0 heterocycles. The number of benzene rings is 2. The van der Waals surface area contributed by atoms with Gasteiger partial charge in [-0.15, -0.1) is 0 Å². The summed E-state index contributed by atoms with van der Waals surface area (Å²) in [6.07, 6.45) is -0.469. The molecular weight excluding hydrogens is 438 g/mol. The lowest BCUT2D eigenvalue weighted by Crippen LogP contribution is -2.43. The molecule has 1 aliphatic rings. The lowest BCUT2D eigenvalue weighted by Gasteiger charge is -2.18. The summed E-state index contributed by atoms with van der Waals surface area (Å²) in [5.41, 5.74) is 3.47. The maximum absolute atomic E-state index is 12.1. The number of aliphatic carboxylic acids is 1. The van der Waals surface area contributed by atoms with Gasteiger partial charge in [0.1, 0.15) is 13.2 Å². The second kappa shape index (κ2) is 10.8. The molecule has 9 nitrogen and oxygen atoms in total. The van der Waals surface area contributed by atoms with Crippen molar-refractivity contribution in [1.82, 2.24) is 16.0 Å². The van der Waals surface area contributed by atoms with Crippen LogP contribution in [0.2, 0.25) is 0 Å². The van der Waals surface area contributed by atoms with E-state index < -0.39 is 29.3 Å². The molecule has 0 unspecified atom stereocenters. The molecule has 0 aromatic heterocycles. The molecule has 34 heavy (non-hydrogen) atoms. The molecule has 2 aromatic carbocycles. The molecule has 0 atom stereocenters. The molecule has 0 spiro atoms. The summed E-state index contributed by atoms with van der Waals surface area (Å²) in [4.78, 5) is 46.9. The number of amides is 3. The number of carboxylic acid groups (broad SMARTS) is 1. The highest BCUT2D eigenvalue weighted by atomic mass is 16.5. The number of fused-ring (bicyclic) bond motifs is 3. The Bertz CT molecular complexity index is 1040. The summed E-state index contributed by atoms with van der Waals surface area (Å²) in [6.45, 7) is 2.83. The van der Waals surface area contributed by atoms with Gasteiger partial charge < -0.3 is 25.8 Å². The molecule has 9 heteroatoms. The first kappa shape index (κ1) is 24.8. The van der Waals surface area contributed by atoms with Crippen LogP contribution in [-0.4, -0.2) is 55.2 Å². The second-order valence-electron chi connectivity index (χ2n) is 8.74. The Morgan fingerprint density at radius 3 is 1.97 bits per heavy atom. The van der Waals surface area contributed by atoms with Crippen molar-refractivity contribution in [2.75, 3.05) is 26.2 Å². The highest BCUT2D eigenvalue weighted by Gasteiger charge is 2.29. The van der Waals surface area contributed by atoms with Crippen molar-refractivity contribution >= 4 is 23.9 Å². The Hall–Kier alpha value is -3.88. The van der Waals surface area contributed by atoms with Crippen LogP contribution in [0, 0.1) is 5.41 Å². The standard InChI is InChI=1S/C25H29N3O6/c1-25(2,23(31)32)11-12-26-21(29)13-27-22(30)14-28-24(33)34-15-20-18-9-5-3-7-16(18)17-8-4-6-10-19(17)20/h3-10,20H,11-15H2,1-2H3,(H,26,29)(H,27,30)(H,28,33)(H,31,32). The van der Waals surface area contributed by atoms with Crippen molar-refractivity contribution in [2.24, 2.45) is 5.41 Å². The molecule has 0 saturated heterocycles. The molecule has 0 radical (unpaired) electrons. The number of alkyl carbamates (subject to hydrolysis) is 1. The third kappa shape index (κ3) is 6.12. The maximum atomic E-state index is 12.1. The molecule has 3 rings (SSSR count). The summed E-state index contributed by atoms with van der Waals surface area (Å²) in [5.74, 6) is -2.03. The monoisotopic (exact) mass is 467 g/mol. The van der Waals surface area contributed by atoms with Crippen LogP contribution in [0.4, 0.5) is 4.79 Å². The van der Waals surface area contributed by atoms with E-state index in [0.29, 0.717) is 0 Å². The predicted octanol–water partition coefficient (Wildman–Crippen LogP) is 2.26. The van der Waals surface area contributed by atoms with Crippen molar-refractivity contribution in [3.63, 3.8) is 0 Å². The van der Waals surface area contributed by atoms with Gasteiger partial charge in [0.15, 0.2) is 0 Å². The summed E-state index contributed by atoms with van der Waals surface area (Å²) in [5, 5.41) is 16.4. The summed E-state index contributed by atoms with van der Waals surface area (Å²) in [6, 6.07) is 16.0. The van der Waals surface area contributed by atoms with E-state index in [1.165, 1.54) is 0 Å². The fraction of sp³-hybridized carbons (Fsp3) is 0.360. The molecule has 3 amide bonds. The highest BCUT2D eigenvalue weighted by Crippen LogP contribution is 2.44. The van der Waals surface area contributed by atoms with Gasteiger partial charge in [0.2, 0.25) is 11.8 Å². The van der Waals surface area contributed by atoms with E-state index >= 15 is 0 Å². The van der Waals surface area contributed by atoms with Crippen LogP contribution >= 0.6 is 0 Å². The highest BCUT2D eigenvalue weighted by molar-refractivity contribution is 5.87. The smallest absolute Gasteiger partial charge is 0.407 e. The van der Waals surface area contributed by atoms with Crippen molar-refractivity contribution in [3.8, 4) is 11.1 Å². The summed E-state index contributed by atoms with van der Waals surface area (Å²) in [7, 11) is 0. The predicted molar refractivity (Wildman–Crippen MR) is 125 cm³/mol. The molecule has 0 aliphatic heterocycles. The van der Waals surface area contributed by atoms with Gasteiger partial charge in [0, 0.05) is 12.5 Å². The van der Waals surface area contributed by atoms with E-state index in [2.05, 4.69) is 16.0 Å². The zero-order valence-electron chi connectivity index (χ0n) is 19.2. The van der Waals surface area contributed by atoms with E-state index in [1.54, 1.807) is 13.8 Å². The van der Waals surface area contributed by atoms with Crippen molar-refractivity contribution < 1.29 is 29.0 Å². The largest absolute Gasteiger partial charge is 0.481 e. The molecule has 0 saturated carbocycles. The Labute approximate surface area is 197 Å². The first-order chi connectivity index (χ1) is 16.2. The molecular formula is C25H29N3O6. The zero-order valence-corrected chi connectivity index (χ0v) is 19.2.